The molecule has 1 fully saturated rings. The molecule has 114 valence electrons. The van der Waals surface area contributed by atoms with Gasteiger partial charge in [-0.2, -0.15) is 0 Å². The molecule has 0 saturated carbocycles. The van der Waals surface area contributed by atoms with Gasteiger partial charge in [-0.15, -0.1) is 0 Å². The fourth-order valence-corrected chi connectivity index (χ4v) is 3.67. The number of hydrogen-bond acceptors (Lipinski definition) is 2. The smallest absolute Gasteiger partial charge is 0.0510 e. The number of hydrogen-bond donors (Lipinski definition) is 1. The molecule has 3 heteroatoms. The second-order valence-corrected chi connectivity index (χ2v) is 6.44. The van der Waals surface area contributed by atoms with Crippen molar-refractivity contribution in [2.45, 2.75) is 26.7 Å². The summed E-state index contributed by atoms with van der Waals surface area (Å²) in [5.41, 5.74) is 5.67. The molecule has 3 rings (SSSR count). The third kappa shape index (κ3) is 3.14. The first-order valence-electron chi connectivity index (χ1n) is 8.13. The van der Waals surface area contributed by atoms with Gasteiger partial charge in [0, 0.05) is 44.8 Å². The molecule has 0 aliphatic carbocycles. The summed E-state index contributed by atoms with van der Waals surface area (Å²) < 4.78 is 2.30. The minimum absolute atomic E-state index is 1.15. The van der Waals surface area contributed by atoms with Crippen LogP contribution in [-0.2, 0) is 13.5 Å². The lowest BCUT2D eigenvalue weighted by molar-refractivity contribution is 0.238. The largest absolute Gasteiger partial charge is 0.350 e. The Hall–Kier alpha value is -1.32. The van der Waals surface area contributed by atoms with Crippen LogP contribution in [0.2, 0.25) is 0 Å². The minimum Gasteiger partial charge on any atom is -0.350 e. The zero-order valence-corrected chi connectivity index (χ0v) is 13.6. The van der Waals surface area contributed by atoms with E-state index in [1.54, 1.807) is 0 Å². The average molecular weight is 285 g/mol. The summed E-state index contributed by atoms with van der Waals surface area (Å²) in [6.07, 6.45) is 4.77. The first-order valence-corrected chi connectivity index (χ1v) is 8.13. The first-order chi connectivity index (χ1) is 10.1. The fourth-order valence-electron chi connectivity index (χ4n) is 3.67. The summed E-state index contributed by atoms with van der Waals surface area (Å²) >= 11 is 0. The van der Waals surface area contributed by atoms with Crippen LogP contribution in [0.15, 0.2) is 18.3 Å². The zero-order chi connectivity index (χ0) is 14.8. The minimum atomic E-state index is 1.15. The van der Waals surface area contributed by atoms with E-state index in [1.165, 1.54) is 60.1 Å². The van der Waals surface area contributed by atoms with Crippen molar-refractivity contribution in [1.82, 2.24) is 14.8 Å². The average Bonchev–Trinajstić information content (AvgIpc) is 2.76. The molecule has 2 heterocycles. The Balaban J connectivity index is 1.72. The van der Waals surface area contributed by atoms with Gasteiger partial charge in [0.05, 0.1) is 5.52 Å². The molecule has 0 atom stereocenters. The van der Waals surface area contributed by atoms with Gasteiger partial charge in [0.15, 0.2) is 0 Å². The van der Waals surface area contributed by atoms with Gasteiger partial charge in [0.25, 0.3) is 0 Å². The normalized spacial score (nSPS) is 16.7. The Morgan fingerprint density at radius 1 is 1.14 bits per heavy atom. The maximum atomic E-state index is 3.42. The summed E-state index contributed by atoms with van der Waals surface area (Å²) in [5.74, 6) is 0. The Morgan fingerprint density at radius 3 is 2.67 bits per heavy atom. The molecule has 1 aliphatic heterocycles. The predicted octanol–water partition coefficient (Wildman–Crippen LogP) is 2.63. The van der Waals surface area contributed by atoms with Crippen LogP contribution in [0, 0.1) is 13.8 Å². The molecule has 3 nitrogen and oxygen atoms in total. The molecule has 1 saturated heterocycles. The molecule has 1 N–H and O–H groups in total. The van der Waals surface area contributed by atoms with Crippen LogP contribution in [0.5, 0.6) is 0 Å². The summed E-state index contributed by atoms with van der Waals surface area (Å²) in [6.45, 7) is 10.3. The monoisotopic (exact) mass is 285 g/mol. The summed E-state index contributed by atoms with van der Waals surface area (Å²) in [4.78, 5) is 2.58. The van der Waals surface area contributed by atoms with Crippen molar-refractivity contribution in [3.05, 3.63) is 35.0 Å². The van der Waals surface area contributed by atoms with Crippen molar-refractivity contribution >= 4 is 10.9 Å². The zero-order valence-electron chi connectivity index (χ0n) is 13.6. The van der Waals surface area contributed by atoms with Crippen LogP contribution in [0.4, 0.5) is 0 Å². The van der Waals surface area contributed by atoms with Crippen molar-refractivity contribution in [3.63, 3.8) is 0 Å². The molecule has 1 aliphatic rings. The van der Waals surface area contributed by atoms with E-state index >= 15 is 0 Å². The molecular formula is C18H27N3. The Kier molecular flexibility index (Phi) is 4.32. The number of aryl methyl sites for hydroxylation is 4. The molecule has 0 amide bonds. The number of fused-ring (bicyclic) bond motifs is 1. The van der Waals surface area contributed by atoms with Crippen LogP contribution in [0.1, 0.15) is 23.1 Å². The molecular weight excluding hydrogens is 258 g/mol. The second kappa shape index (κ2) is 6.20. The summed E-state index contributed by atoms with van der Waals surface area (Å²) in [7, 11) is 2.17. The van der Waals surface area contributed by atoms with Crippen LogP contribution >= 0.6 is 0 Å². The fraction of sp³-hybridized carbons (Fsp3) is 0.556. The lowest BCUT2D eigenvalue weighted by Crippen LogP contribution is -2.43. The van der Waals surface area contributed by atoms with Crippen LogP contribution in [-0.4, -0.2) is 42.2 Å². The van der Waals surface area contributed by atoms with Gasteiger partial charge in [0.1, 0.15) is 0 Å². The number of rotatable bonds is 4. The van der Waals surface area contributed by atoms with E-state index in [1.807, 2.05) is 0 Å². The van der Waals surface area contributed by atoms with Crippen molar-refractivity contribution < 1.29 is 0 Å². The summed E-state index contributed by atoms with van der Waals surface area (Å²) in [5, 5.41) is 4.87. The van der Waals surface area contributed by atoms with Crippen molar-refractivity contribution in [2.75, 3.05) is 32.7 Å². The highest BCUT2D eigenvalue weighted by atomic mass is 15.2. The van der Waals surface area contributed by atoms with Gasteiger partial charge in [-0.1, -0.05) is 11.6 Å². The Bertz CT molecular complexity index is 621. The standard InChI is InChI=1S/C18H27N3/c1-14-11-15(2)18-17(12-14)16(13-20(18)3)5-4-8-21-9-6-19-7-10-21/h11-13,19H,4-10H2,1-3H3. The van der Waals surface area contributed by atoms with E-state index in [2.05, 4.69) is 54.0 Å². The van der Waals surface area contributed by atoms with Gasteiger partial charge in [-0.3, -0.25) is 0 Å². The van der Waals surface area contributed by atoms with Crippen LogP contribution in [0.3, 0.4) is 0 Å². The lowest BCUT2D eigenvalue weighted by Gasteiger charge is -2.26. The quantitative estimate of drug-likeness (QED) is 0.932. The van der Waals surface area contributed by atoms with Gasteiger partial charge >= 0.3 is 0 Å². The molecule has 1 aromatic carbocycles. The topological polar surface area (TPSA) is 20.2 Å². The number of benzene rings is 1. The molecule has 1 aromatic heterocycles. The SMILES string of the molecule is Cc1cc(C)c2c(c1)c(CCCN1CCNCC1)cn2C. The van der Waals surface area contributed by atoms with E-state index in [0.717, 1.165) is 13.1 Å². The van der Waals surface area contributed by atoms with Crippen molar-refractivity contribution in [2.24, 2.45) is 7.05 Å². The molecule has 21 heavy (non-hydrogen) atoms. The van der Waals surface area contributed by atoms with Crippen LogP contribution in [0.25, 0.3) is 10.9 Å². The van der Waals surface area contributed by atoms with Gasteiger partial charge in [-0.05, 0) is 50.4 Å². The van der Waals surface area contributed by atoms with Crippen LogP contribution < -0.4 is 5.32 Å². The lowest BCUT2D eigenvalue weighted by atomic mass is 10.0. The molecule has 0 unspecified atom stereocenters. The molecule has 0 bridgehead atoms. The van der Waals surface area contributed by atoms with E-state index in [9.17, 15) is 0 Å². The highest BCUT2D eigenvalue weighted by Crippen LogP contribution is 2.26. The number of piperazine rings is 1. The molecule has 0 radical (unpaired) electrons. The maximum Gasteiger partial charge on any atom is 0.0510 e. The van der Waals surface area contributed by atoms with Crippen molar-refractivity contribution in [1.29, 1.82) is 0 Å². The number of aromatic nitrogens is 1. The Morgan fingerprint density at radius 2 is 1.90 bits per heavy atom. The van der Waals surface area contributed by atoms with E-state index in [-0.39, 0.29) is 0 Å². The van der Waals surface area contributed by atoms with Gasteiger partial charge < -0.3 is 14.8 Å². The number of nitrogens with zero attached hydrogens (tertiary/aromatic N) is 2. The van der Waals surface area contributed by atoms with Crippen molar-refractivity contribution in [3.8, 4) is 0 Å². The second-order valence-electron chi connectivity index (χ2n) is 6.44. The third-order valence-corrected chi connectivity index (χ3v) is 4.62. The predicted molar refractivity (Wildman–Crippen MR) is 90.0 cm³/mol. The van der Waals surface area contributed by atoms with E-state index in [4.69, 9.17) is 0 Å². The first kappa shape index (κ1) is 14.6. The molecule has 0 spiro atoms. The summed E-state index contributed by atoms with van der Waals surface area (Å²) in [6, 6.07) is 4.63. The van der Waals surface area contributed by atoms with E-state index in [0.29, 0.717) is 0 Å². The number of nitrogens with one attached hydrogen (secondary N) is 1. The highest BCUT2D eigenvalue weighted by Gasteiger charge is 2.12. The highest BCUT2D eigenvalue weighted by molar-refractivity contribution is 5.87. The van der Waals surface area contributed by atoms with Gasteiger partial charge in [-0.25, -0.2) is 0 Å². The Labute approximate surface area is 127 Å². The maximum absolute atomic E-state index is 3.42. The molecule has 2 aromatic rings. The van der Waals surface area contributed by atoms with E-state index < -0.39 is 0 Å². The third-order valence-electron chi connectivity index (χ3n) is 4.62. The van der Waals surface area contributed by atoms with Gasteiger partial charge in [0.2, 0.25) is 0 Å².